The van der Waals surface area contributed by atoms with Crippen LogP contribution in [0.2, 0.25) is 0 Å². The van der Waals surface area contributed by atoms with Crippen LogP contribution in [0.4, 0.5) is 0 Å². The molecule has 1 aliphatic rings. The Morgan fingerprint density at radius 3 is 2.11 bits per heavy atom. The van der Waals surface area contributed by atoms with Gasteiger partial charge in [0.1, 0.15) is 6.17 Å². The quantitative estimate of drug-likeness (QED) is 0.220. The molecule has 4 heteroatoms. The van der Waals surface area contributed by atoms with Gasteiger partial charge in [0, 0.05) is 48.4 Å². The van der Waals surface area contributed by atoms with Crippen molar-refractivity contribution in [3.63, 3.8) is 0 Å². The number of nitrogens with one attached hydrogen (secondary N) is 1. The first kappa shape index (κ1) is 25.1. The Balaban J connectivity index is 1.47. The van der Waals surface area contributed by atoms with Crippen LogP contribution >= 0.6 is 11.3 Å². The van der Waals surface area contributed by atoms with Crippen molar-refractivity contribution in [2.45, 2.75) is 6.17 Å². The molecule has 1 unspecified atom stereocenters. The average Bonchev–Trinajstić information content (AvgIpc) is 3.64. The van der Waals surface area contributed by atoms with Gasteiger partial charge in [0.2, 0.25) is 0 Å². The van der Waals surface area contributed by atoms with Crippen LogP contribution in [0, 0.1) is 0 Å². The molecule has 9 rings (SSSR count). The maximum atomic E-state index is 4.73. The molecule has 44 heavy (non-hydrogen) atoms. The largest absolute Gasteiger partial charge is 0.366 e. The summed E-state index contributed by atoms with van der Waals surface area (Å²) in [5.41, 5.74) is 9.65. The summed E-state index contributed by atoms with van der Waals surface area (Å²) < 4.78 is 5.05. The van der Waals surface area contributed by atoms with Crippen molar-refractivity contribution < 1.29 is 0 Å². The second-order valence-electron chi connectivity index (χ2n) is 11.2. The highest BCUT2D eigenvalue weighted by Gasteiger charge is 2.23. The Morgan fingerprint density at radius 2 is 1.36 bits per heavy atom. The van der Waals surface area contributed by atoms with E-state index in [1.165, 1.54) is 64.2 Å². The number of nitrogens with zero attached hydrogens (tertiary/aromatic N) is 2. The monoisotopic (exact) mass is 581 g/mol. The number of aliphatic imine (C=N–C) groups is 1. The lowest BCUT2D eigenvalue weighted by atomic mass is 9.96. The minimum absolute atomic E-state index is 0.109. The fraction of sp³-hybridized carbons (Fsp3) is 0.0250. The Bertz CT molecular complexity index is 2400. The predicted molar refractivity (Wildman–Crippen MR) is 188 cm³/mol. The van der Waals surface area contributed by atoms with E-state index in [1.54, 1.807) is 0 Å². The molecule has 3 heterocycles. The van der Waals surface area contributed by atoms with Crippen LogP contribution in [0.1, 0.15) is 11.7 Å². The lowest BCUT2D eigenvalue weighted by molar-refractivity contribution is 0.654. The van der Waals surface area contributed by atoms with Gasteiger partial charge < -0.3 is 9.88 Å². The van der Waals surface area contributed by atoms with Gasteiger partial charge in [-0.25, -0.2) is 0 Å². The normalized spacial score (nSPS) is 14.6. The van der Waals surface area contributed by atoms with Crippen LogP contribution in [0.5, 0.6) is 0 Å². The number of hydrogen-bond donors (Lipinski definition) is 1. The molecule has 0 saturated heterocycles. The van der Waals surface area contributed by atoms with E-state index in [9.17, 15) is 0 Å². The first-order valence-electron chi connectivity index (χ1n) is 14.9. The van der Waals surface area contributed by atoms with Crippen molar-refractivity contribution in [2.75, 3.05) is 0 Å². The highest BCUT2D eigenvalue weighted by molar-refractivity contribution is 7.26. The maximum absolute atomic E-state index is 4.73. The SMILES string of the molecule is C1=CNC(c2ccc3c(c2)c2c4c(sc5ccc(-c6ccccc6)cc54)c(-c4ccccc4)cc2n3-c2ccccc2)N=C1. The van der Waals surface area contributed by atoms with E-state index in [-0.39, 0.29) is 6.17 Å². The average molecular weight is 582 g/mol. The molecule has 0 radical (unpaired) electrons. The van der Waals surface area contributed by atoms with Crippen LogP contribution in [-0.4, -0.2) is 10.8 Å². The van der Waals surface area contributed by atoms with Crippen molar-refractivity contribution >= 4 is 59.5 Å². The summed E-state index contributed by atoms with van der Waals surface area (Å²) >= 11 is 1.89. The van der Waals surface area contributed by atoms with Crippen molar-refractivity contribution in [1.29, 1.82) is 0 Å². The predicted octanol–water partition coefficient (Wildman–Crippen LogP) is 10.7. The third kappa shape index (κ3) is 3.92. The number of rotatable bonds is 4. The third-order valence-corrected chi connectivity index (χ3v) is 9.89. The maximum Gasteiger partial charge on any atom is 0.144 e. The van der Waals surface area contributed by atoms with Crippen LogP contribution in [0.25, 0.3) is 69.9 Å². The topological polar surface area (TPSA) is 29.3 Å². The molecule has 208 valence electrons. The Morgan fingerprint density at radius 1 is 0.614 bits per heavy atom. The number of allylic oxidation sites excluding steroid dienone is 1. The zero-order chi connectivity index (χ0) is 29.0. The van der Waals surface area contributed by atoms with E-state index in [0.29, 0.717) is 0 Å². The second kappa shape index (κ2) is 10.1. The number of para-hydroxylation sites is 1. The van der Waals surface area contributed by atoms with E-state index in [1.807, 2.05) is 29.8 Å². The van der Waals surface area contributed by atoms with E-state index in [2.05, 4.69) is 143 Å². The van der Waals surface area contributed by atoms with Gasteiger partial charge in [0.25, 0.3) is 0 Å². The molecule has 0 bridgehead atoms. The van der Waals surface area contributed by atoms with Crippen molar-refractivity contribution in [2.24, 2.45) is 4.99 Å². The van der Waals surface area contributed by atoms with Gasteiger partial charge in [-0.1, -0.05) is 91.0 Å². The molecule has 1 N–H and O–H groups in total. The lowest BCUT2D eigenvalue weighted by Crippen LogP contribution is -2.15. The Labute approximate surface area is 259 Å². The van der Waals surface area contributed by atoms with Crippen LogP contribution in [-0.2, 0) is 0 Å². The molecule has 8 aromatic rings. The fourth-order valence-electron chi connectivity index (χ4n) is 6.68. The summed E-state index contributed by atoms with van der Waals surface area (Å²) in [6.07, 6.45) is 5.67. The summed E-state index contributed by atoms with van der Waals surface area (Å²) in [4.78, 5) is 4.73. The standard InChI is InChI=1S/C40H27N3S/c1-4-11-26(12-5-1)28-18-20-36-33(23-28)38-37-32-24-29(40-41-21-10-22-42-40)17-19-34(32)43(30-15-8-3-9-16-30)35(37)25-31(39(38)44-36)27-13-6-2-7-14-27/h1-25,40-41H. The van der Waals surface area contributed by atoms with E-state index < -0.39 is 0 Å². The molecule has 0 spiro atoms. The van der Waals surface area contributed by atoms with Crippen LogP contribution < -0.4 is 5.32 Å². The summed E-state index contributed by atoms with van der Waals surface area (Å²) in [6.45, 7) is 0. The molecule has 3 nitrogen and oxygen atoms in total. The first-order valence-corrected chi connectivity index (χ1v) is 15.7. The molecule has 0 amide bonds. The van der Waals surface area contributed by atoms with Gasteiger partial charge in [-0.3, -0.25) is 4.99 Å². The van der Waals surface area contributed by atoms with Crippen LogP contribution in [0.15, 0.2) is 151 Å². The van der Waals surface area contributed by atoms with E-state index in [4.69, 9.17) is 4.99 Å². The fourth-order valence-corrected chi connectivity index (χ4v) is 7.91. The smallest absolute Gasteiger partial charge is 0.144 e. The van der Waals surface area contributed by atoms with Gasteiger partial charge in [-0.05, 0) is 77.0 Å². The molecule has 0 aliphatic carbocycles. The number of benzene rings is 6. The zero-order valence-corrected chi connectivity index (χ0v) is 24.6. The molecular weight excluding hydrogens is 555 g/mol. The summed E-state index contributed by atoms with van der Waals surface area (Å²) in [7, 11) is 0. The van der Waals surface area contributed by atoms with Gasteiger partial charge in [-0.15, -0.1) is 11.3 Å². The minimum atomic E-state index is -0.109. The summed E-state index contributed by atoms with van der Waals surface area (Å²) in [5, 5.41) is 8.55. The number of aromatic nitrogens is 1. The number of hydrogen-bond acceptors (Lipinski definition) is 3. The minimum Gasteiger partial charge on any atom is -0.366 e. The highest BCUT2D eigenvalue weighted by atomic mass is 32.1. The van der Waals surface area contributed by atoms with Gasteiger partial charge >= 0.3 is 0 Å². The third-order valence-electron chi connectivity index (χ3n) is 8.69. The summed E-state index contributed by atoms with van der Waals surface area (Å²) in [5.74, 6) is 0. The molecule has 1 atom stereocenters. The zero-order valence-electron chi connectivity index (χ0n) is 23.8. The molecule has 6 aromatic carbocycles. The first-order chi connectivity index (χ1) is 21.8. The van der Waals surface area contributed by atoms with Gasteiger partial charge in [0.05, 0.1) is 11.0 Å². The molecule has 2 aromatic heterocycles. The number of thiophene rings is 1. The van der Waals surface area contributed by atoms with E-state index >= 15 is 0 Å². The van der Waals surface area contributed by atoms with Gasteiger partial charge in [0.15, 0.2) is 0 Å². The molecule has 0 fully saturated rings. The highest BCUT2D eigenvalue weighted by Crippen LogP contribution is 2.48. The Hall–Kier alpha value is -5.45. The number of fused-ring (bicyclic) bond motifs is 7. The molecule has 1 aliphatic heterocycles. The lowest BCUT2D eigenvalue weighted by Gasteiger charge is -2.15. The van der Waals surface area contributed by atoms with Crippen molar-refractivity contribution in [1.82, 2.24) is 9.88 Å². The summed E-state index contributed by atoms with van der Waals surface area (Å²) in [6, 6.07) is 48.5. The van der Waals surface area contributed by atoms with Crippen molar-refractivity contribution in [3.8, 4) is 27.9 Å². The van der Waals surface area contributed by atoms with Gasteiger partial charge in [-0.2, -0.15) is 0 Å². The Kier molecular flexibility index (Phi) is 5.75. The molecular formula is C40H27N3S. The molecule has 0 saturated carbocycles. The van der Waals surface area contributed by atoms with E-state index in [0.717, 1.165) is 11.3 Å². The van der Waals surface area contributed by atoms with Crippen LogP contribution in [0.3, 0.4) is 0 Å². The van der Waals surface area contributed by atoms with Crippen molar-refractivity contribution in [3.05, 3.63) is 151 Å². The second-order valence-corrected chi connectivity index (χ2v) is 12.3.